The average Bonchev–Trinajstić information content (AvgIpc) is 2.43. The lowest BCUT2D eigenvalue weighted by Gasteiger charge is -2.16. The fourth-order valence-electron chi connectivity index (χ4n) is 1.79. The molecule has 3 nitrogen and oxygen atoms in total. The number of alkyl halides is 1. The minimum atomic E-state index is -0.0408. The first kappa shape index (κ1) is 14.8. The summed E-state index contributed by atoms with van der Waals surface area (Å²) in [6.45, 7) is 2.78. The Labute approximate surface area is 114 Å². The highest BCUT2D eigenvalue weighted by atomic mass is 35.5. The van der Waals surface area contributed by atoms with Crippen molar-refractivity contribution in [1.82, 2.24) is 4.90 Å². The molecular formula is C14H20ClNO2. The molecule has 0 radical (unpaired) electrons. The molecule has 0 spiro atoms. The number of hydrogen-bond donors (Lipinski definition) is 0. The highest BCUT2D eigenvalue weighted by molar-refractivity contribution is 6.27. The normalized spacial score (nSPS) is 10.2. The number of hydrogen-bond acceptors (Lipinski definition) is 2. The maximum atomic E-state index is 11.3. The van der Waals surface area contributed by atoms with Crippen LogP contribution in [0.1, 0.15) is 18.1 Å². The van der Waals surface area contributed by atoms with Gasteiger partial charge in [-0.25, -0.2) is 0 Å². The van der Waals surface area contributed by atoms with Crippen molar-refractivity contribution in [1.29, 1.82) is 0 Å². The van der Waals surface area contributed by atoms with Crippen molar-refractivity contribution in [3.8, 4) is 5.75 Å². The molecule has 1 rings (SSSR count). The van der Waals surface area contributed by atoms with Crippen LogP contribution in [-0.4, -0.2) is 37.4 Å². The zero-order chi connectivity index (χ0) is 13.5. The third-order valence-electron chi connectivity index (χ3n) is 3.00. The predicted molar refractivity (Wildman–Crippen MR) is 74.4 cm³/mol. The second kappa shape index (κ2) is 7.27. The molecule has 0 aliphatic carbocycles. The van der Waals surface area contributed by atoms with E-state index in [4.69, 9.17) is 16.3 Å². The number of ether oxygens (including phenoxy) is 1. The first-order chi connectivity index (χ1) is 8.62. The van der Waals surface area contributed by atoms with Crippen LogP contribution in [-0.2, 0) is 17.6 Å². The Bertz CT molecular complexity index is 407. The van der Waals surface area contributed by atoms with E-state index in [1.807, 2.05) is 12.1 Å². The van der Waals surface area contributed by atoms with Gasteiger partial charge in [0, 0.05) is 13.6 Å². The first-order valence-electron chi connectivity index (χ1n) is 6.08. The van der Waals surface area contributed by atoms with Gasteiger partial charge in [0.15, 0.2) is 0 Å². The molecule has 1 amide bonds. The van der Waals surface area contributed by atoms with Gasteiger partial charge < -0.3 is 9.64 Å². The van der Waals surface area contributed by atoms with Crippen LogP contribution in [0.15, 0.2) is 18.2 Å². The molecule has 0 atom stereocenters. The number of carbonyl (C=O) groups is 1. The Kier molecular flexibility index (Phi) is 5.99. The van der Waals surface area contributed by atoms with Crippen LogP contribution in [0.2, 0.25) is 0 Å². The lowest BCUT2D eigenvalue weighted by molar-refractivity contribution is -0.127. The van der Waals surface area contributed by atoms with Crippen LogP contribution in [0.25, 0.3) is 0 Å². The quantitative estimate of drug-likeness (QED) is 0.743. The Morgan fingerprint density at radius 2 is 2.17 bits per heavy atom. The summed E-state index contributed by atoms with van der Waals surface area (Å²) in [7, 11) is 3.45. The fourth-order valence-corrected chi connectivity index (χ4v) is 1.99. The smallest absolute Gasteiger partial charge is 0.237 e. The number of amides is 1. The lowest BCUT2D eigenvalue weighted by atomic mass is 10.1. The van der Waals surface area contributed by atoms with E-state index < -0.39 is 0 Å². The number of aryl methyl sites for hydroxylation is 1. The molecule has 0 aliphatic heterocycles. The molecule has 0 aromatic heterocycles. The van der Waals surface area contributed by atoms with Crippen LogP contribution < -0.4 is 4.74 Å². The van der Waals surface area contributed by atoms with E-state index >= 15 is 0 Å². The summed E-state index contributed by atoms with van der Waals surface area (Å²) in [5.74, 6) is 0.923. The van der Waals surface area contributed by atoms with Gasteiger partial charge >= 0.3 is 0 Å². The minimum Gasteiger partial charge on any atom is -0.496 e. The summed E-state index contributed by atoms with van der Waals surface area (Å²) in [6.07, 6.45) is 1.77. The monoisotopic (exact) mass is 269 g/mol. The van der Waals surface area contributed by atoms with Gasteiger partial charge in [0.2, 0.25) is 5.91 Å². The third kappa shape index (κ3) is 3.91. The van der Waals surface area contributed by atoms with Crippen molar-refractivity contribution in [2.45, 2.75) is 19.8 Å². The van der Waals surface area contributed by atoms with Crippen molar-refractivity contribution in [2.75, 3.05) is 26.6 Å². The van der Waals surface area contributed by atoms with Crippen LogP contribution in [0.5, 0.6) is 5.75 Å². The summed E-state index contributed by atoms with van der Waals surface area (Å²) in [5, 5.41) is 0. The van der Waals surface area contributed by atoms with Gasteiger partial charge in [-0.1, -0.05) is 19.1 Å². The number of likely N-dealkylation sites (N-methyl/N-ethyl adjacent to an activating group) is 1. The van der Waals surface area contributed by atoms with Crippen LogP contribution in [0.3, 0.4) is 0 Å². The van der Waals surface area contributed by atoms with Crippen molar-refractivity contribution < 1.29 is 9.53 Å². The van der Waals surface area contributed by atoms with Crippen molar-refractivity contribution in [3.05, 3.63) is 29.3 Å². The second-order valence-corrected chi connectivity index (χ2v) is 4.47. The number of methoxy groups -OCH3 is 1. The molecule has 0 N–H and O–H groups in total. The van der Waals surface area contributed by atoms with E-state index in [1.54, 1.807) is 19.1 Å². The van der Waals surface area contributed by atoms with E-state index in [1.165, 1.54) is 11.1 Å². The number of rotatable bonds is 6. The van der Waals surface area contributed by atoms with E-state index in [0.717, 1.165) is 18.6 Å². The molecule has 0 aliphatic rings. The molecular weight excluding hydrogens is 250 g/mol. The van der Waals surface area contributed by atoms with Gasteiger partial charge in [-0.3, -0.25) is 4.79 Å². The number of benzene rings is 1. The Balaban J connectivity index is 2.65. The molecule has 0 saturated carbocycles. The number of nitrogens with zero attached hydrogens (tertiary/aromatic N) is 1. The van der Waals surface area contributed by atoms with Crippen LogP contribution in [0, 0.1) is 0 Å². The lowest BCUT2D eigenvalue weighted by Crippen LogP contribution is -2.29. The number of carbonyl (C=O) groups excluding carboxylic acids is 1. The van der Waals surface area contributed by atoms with E-state index in [9.17, 15) is 4.79 Å². The van der Waals surface area contributed by atoms with Gasteiger partial charge in [0.1, 0.15) is 11.6 Å². The minimum absolute atomic E-state index is 0.0408. The molecule has 100 valence electrons. The Hall–Kier alpha value is -1.22. The molecule has 0 bridgehead atoms. The zero-order valence-electron chi connectivity index (χ0n) is 11.2. The SMILES string of the molecule is CCc1cc(CCN(C)C(=O)CCl)ccc1OC. The van der Waals surface area contributed by atoms with Gasteiger partial charge in [0.05, 0.1) is 7.11 Å². The van der Waals surface area contributed by atoms with Crippen LogP contribution >= 0.6 is 11.6 Å². The van der Waals surface area contributed by atoms with Crippen molar-refractivity contribution in [2.24, 2.45) is 0 Å². The van der Waals surface area contributed by atoms with Gasteiger partial charge in [-0.05, 0) is 30.0 Å². The van der Waals surface area contributed by atoms with Crippen molar-refractivity contribution in [3.63, 3.8) is 0 Å². The van der Waals surface area contributed by atoms with Gasteiger partial charge in [-0.15, -0.1) is 11.6 Å². The Morgan fingerprint density at radius 3 is 2.72 bits per heavy atom. The first-order valence-corrected chi connectivity index (χ1v) is 6.61. The maximum absolute atomic E-state index is 11.3. The molecule has 0 saturated heterocycles. The van der Waals surface area contributed by atoms with E-state index in [0.29, 0.717) is 6.54 Å². The molecule has 18 heavy (non-hydrogen) atoms. The van der Waals surface area contributed by atoms with Gasteiger partial charge in [-0.2, -0.15) is 0 Å². The standard InChI is InChI=1S/C14H20ClNO2/c1-4-12-9-11(5-6-13(12)18-3)7-8-16(2)14(17)10-15/h5-6,9H,4,7-8,10H2,1-3H3. The van der Waals surface area contributed by atoms with Crippen molar-refractivity contribution >= 4 is 17.5 Å². The summed E-state index contributed by atoms with van der Waals surface area (Å²) in [5.41, 5.74) is 2.41. The molecule has 0 heterocycles. The average molecular weight is 270 g/mol. The highest BCUT2D eigenvalue weighted by Gasteiger charge is 2.08. The molecule has 0 unspecified atom stereocenters. The fraction of sp³-hybridized carbons (Fsp3) is 0.500. The third-order valence-corrected chi connectivity index (χ3v) is 3.23. The van der Waals surface area contributed by atoms with E-state index in [2.05, 4.69) is 13.0 Å². The summed E-state index contributed by atoms with van der Waals surface area (Å²) < 4.78 is 5.29. The maximum Gasteiger partial charge on any atom is 0.237 e. The zero-order valence-corrected chi connectivity index (χ0v) is 12.0. The summed E-state index contributed by atoms with van der Waals surface area (Å²) in [4.78, 5) is 13.0. The molecule has 4 heteroatoms. The topological polar surface area (TPSA) is 29.5 Å². The van der Waals surface area contributed by atoms with E-state index in [-0.39, 0.29) is 11.8 Å². The van der Waals surface area contributed by atoms with Crippen LogP contribution in [0.4, 0.5) is 0 Å². The number of halogens is 1. The summed E-state index contributed by atoms with van der Waals surface area (Å²) >= 11 is 5.51. The molecule has 1 aromatic carbocycles. The second-order valence-electron chi connectivity index (χ2n) is 4.20. The summed E-state index contributed by atoms with van der Waals surface area (Å²) in [6, 6.07) is 6.16. The predicted octanol–water partition coefficient (Wildman–Crippen LogP) is 2.50. The van der Waals surface area contributed by atoms with Gasteiger partial charge in [0.25, 0.3) is 0 Å². The Morgan fingerprint density at radius 1 is 1.44 bits per heavy atom. The largest absolute Gasteiger partial charge is 0.496 e. The highest BCUT2D eigenvalue weighted by Crippen LogP contribution is 2.20. The molecule has 0 fully saturated rings. The molecule has 1 aromatic rings.